The van der Waals surface area contributed by atoms with Crippen molar-refractivity contribution < 1.29 is 29.6 Å². The molecule has 2 aliphatic heterocycles. The highest BCUT2D eigenvalue weighted by atomic mass is 16.7. The van der Waals surface area contributed by atoms with E-state index in [1.807, 2.05) is 0 Å². The number of aliphatic hydroxyl groups is 3. The van der Waals surface area contributed by atoms with Crippen molar-refractivity contribution >= 4 is 5.97 Å². The molecule has 7 atom stereocenters. The van der Waals surface area contributed by atoms with Crippen molar-refractivity contribution in [3.63, 3.8) is 0 Å². The molecule has 2 heterocycles. The molecule has 20 heavy (non-hydrogen) atoms. The number of aliphatic hydroxyl groups excluding tert-OH is 1. The molecule has 6 nitrogen and oxygen atoms in total. The number of carbonyl (C=O) groups excluding carboxylic acids is 1. The summed E-state index contributed by atoms with van der Waals surface area (Å²) in [4.78, 5) is 12.2. The van der Waals surface area contributed by atoms with Crippen LogP contribution >= 0.6 is 0 Å². The van der Waals surface area contributed by atoms with Crippen molar-refractivity contribution in [1.29, 1.82) is 0 Å². The maximum atomic E-state index is 12.2. The van der Waals surface area contributed by atoms with Crippen molar-refractivity contribution in [2.24, 2.45) is 11.3 Å². The highest BCUT2D eigenvalue weighted by Crippen LogP contribution is 2.74. The first kappa shape index (κ1) is 13.0. The van der Waals surface area contributed by atoms with Gasteiger partial charge >= 0.3 is 5.97 Å². The van der Waals surface area contributed by atoms with Crippen LogP contribution in [0.1, 0.15) is 33.6 Å². The van der Waals surface area contributed by atoms with Gasteiger partial charge in [-0.3, -0.25) is 0 Å². The zero-order chi connectivity index (χ0) is 14.7. The summed E-state index contributed by atoms with van der Waals surface area (Å²) in [5, 5.41) is 31.9. The van der Waals surface area contributed by atoms with E-state index >= 15 is 0 Å². The lowest BCUT2D eigenvalue weighted by Crippen LogP contribution is -2.66. The maximum absolute atomic E-state index is 12.2. The Kier molecular flexibility index (Phi) is 1.99. The van der Waals surface area contributed by atoms with Gasteiger partial charge in [0.05, 0.1) is 22.7 Å². The Balaban J connectivity index is 1.84. The SMILES string of the molecule is CC(C)(O)[C@H]1C[C@]2(O)C[C@H]3O[C@]34C(=O)O[C@H]([C@@H]1O)[C@]24C. The van der Waals surface area contributed by atoms with Crippen molar-refractivity contribution in [2.75, 3.05) is 0 Å². The summed E-state index contributed by atoms with van der Waals surface area (Å²) >= 11 is 0. The molecule has 2 aliphatic carbocycles. The lowest BCUT2D eigenvalue weighted by atomic mass is 9.55. The van der Waals surface area contributed by atoms with Gasteiger partial charge in [0.15, 0.2) is 0 Å². The summed E-state index contributed by atoms with van der Waals surface area (Å²) in [6.45, 7) is 4.97. The molecule has 6 heteroatoms. The number of carbonyl (C=O) groups is 1. The van der Waals surface area contributed by atoms with Crippen molar-refractivity contribution in [2.45, 2.75) is 68.7 Å². The lowest BCUT2D eigenvalue weighted by Gasteiger charge is -2.53. The van der Waals surface area contributed by atoms with E-state index in [-0.39, 0.29) is 12.5 Å². The first-order valence-corrected chi connectivity index (χ1v) is 7.10. The third-order valence-electron chi connectivity index (χ3n) is 6.28. The second-order valence-corrected chi connectivity index (χ2v) is 7.56. The Labute approximate surface area is 116 Å². The fraction of sp³-hybridized carbons (Fsp3) is 0.929. The summed E-state index contributed by atoms with van der Waals surface area (Å²) < 4.78 is 10.9. The van der Waals surface area contributed by atoms with E-state index in [0.717, 1.165) is 0 Å². The van der Waals surface area contributed by atoms with Gasteiger partial charge in [0.1, 0.15) is 12.2 Å². The quantitative estimate of drug-likeness (QED) is 0.437. The first-order chi connectivity index (χ1) is 9.08. The monoisotopic (exact) mass is 284 g/mol. The van der Waals surface area contributed by atoms with Gasteiger partial charge in [-0.2, -0.15) is 0 Å². The third kappa shape index (κ3) is 1.05. The fourth-order valence-corrected chi connectivity index (χ4v) is 4.96. The van der Waals surface area contributed by atoms with Gasteiger partial charge in [0.2, 0.25) is 5.60 Å². The molecule has 4 rings (SSSR count). The minimum absolute atomic E-state index is 0.239. The third-order valence-corrected chi connectivity index (χ3v) is 6.28. The van der Waals surface area contributed by atoms with Gasteiger partial charge in [0, 0.05) is 12.3 Å². The maximum Gasteiger partial charge on any atom is 0.342 e. The van der Waals surface area contributed by atoms with Crippen molar-refractivity contribution in [1.82, 2.24) is 0 Å². The van der Waals surface area contributed by atoms with Gasteiger partial charge in [-0.05, 0) is 27.2 Å². The van der Waals surface area contributed by atoms with E-state index in [2.05, 4.69) is 0 Å². The summed E-state index contributed by atoms with van der Waals surface area (Å²) in [5.74, 6) is -1.03. The smallest absolute Gasteiger partial charge is 0.342 e. The molecule has 4 aliphatic rings. The number of epoxide rings is 1. The van der Waals surface area contributed by atoms with Crippen LogP contribution in [0.3, 0.4) is 0 Å². The van der Waals surface area contributed by atoms with E-state index in [1.165, 1.54) is 0 Å². The predicted molar refractivity (Wildman–Crippen MR) is 65.6 cm³/mol. The molecule has 2 saturated carbocycles. The lowest BCUT2D eigenvalue weighted by molar-refractivity contribution is -0.231. The molecule has 3 N–H and O–H groups in total. The molecule has 112 valence electrons. The van der Waals surface area contributed by atoms with E-state index in [4.69, 9.17) is 9.47 Å². The van der Waals surface area contributed by atoms with Gasteiger partial charge in [0.25, 0.3) is 0 Å². The molecule has 0 bridgehead atoms. The first-order valence-electron chi connectivity index (χ1n) is 7.10. The topological polar surface area (TPSA) is 99.5 Å². The highest BCUT2D eigenvalue weighted by molar-refractivity contribution is 5.89. The number of hydrogen-bond donors (Lipinski definition) is 3. The zero-order valence-corrected chi connectivity index (χ0v) is 11.8. The molecule has 1 spiro atoms. The molecule has 0 aromatic rings. The number of hydrogen-bond acceptors (Lipinski definition) is 6. The average molecular weight is 284 g/mol. The minimum atomic E-state index is -1.16. The van der Waals surface area contributed by atoms with Crippen molar-refractivity contribution in [3.8, 4) is 0 Å². The van der Waals surface area contributed by atoms with E-state index in [9.17, 15) is 20.1 Å². The Morgan fingerprint density at radius 2 is 2.00 bits per heavy atom. The van der Waals surface area contributed by atoms with Crippen LogP contribution < -0.4 is 0 Å². The zero-order valence-electron chi connectivity index (χ0n) is 11.8. The van der Waals surface area contributed by atoms with E-state index in [0.29, 0.717) is 6.42 Å². The standard InChI is InChI=1S/C14H20O6/c1-11(2,17)6-4-13(18)5-7-14(20-7)10(16)19-9(8(6)15)12(13,14)3/h6-9,15,17-18H,4-5H2,1-3H3/t6-,7+,8+,9+,12+,13-,14-/m0/s1. The second-order valence-electron chi connectivity index (χ2n) is 7.56. The van der Waals surface area contributed by atoms with Gasteiger partial charge in [-0.1, -0.05) is 0 Å². The van der Waals surface area contributed by atoms with Crippen LogP contribution in [0.2, 0.25) is 0 Å². The molecular weight excluding hydrogens is 264 g/mol. The minimum Gasteiger partial charge on any atom is -0.457 e. The van der Waals surface area contributed by atoms with Crippen LogP contribution in [0.4, 0.5) is 0 Å². The average Bonchev–Trinajstić information content (AvgIpc) is 2.92. The van der Waals surface area contributed by atoms with E-state index in [1.54, 1.807) is 20.8 Å². The van der Waals surface area contributed by atoms with Crippen LogP contribution in [0.25, 0.3) is 0 Å². The van der Waals surface area contributed by atoms with E-state index < -0.39 is 46.3 Å². The molecule has 0 aromatic carbocycles. The van der Waals surface area contributed by atoms with Crippen LogP contribution in [0, 0.1) is 11.3 Å². The fourth-order valence-electron chi connectivity index (χ4n) is 4.96. The number of ether oxygens (including phenoxy) is 2. The Bertz CT molecular complexity index is 512. The number of rotatable bonds is 1. The number of esters is 1. The Hall–Kier alpha value is -0.690. The summed E-state index contributed by atoms with van der Waals surface area (Å²) in [6, 6.07) is 0. The van der Waals surface area contributed by atoms with Gasteiger partial charge in [-0.15, -0.1) is 0 Å². The van der Waals surface area contributed by atoms with Gasteiger partial charge < -0.3 is 24.8 Å². The molecule has 0 unspecified atom stereocenters. The molecule has 0 radical (unpaired) electrons. The summed E-state index contributed by atoms with van der Waals surface area (Å²) in [6.07, 6.45) is -1.58. The predicted octanol–water partition coefficient (Wildman–Crippen LogP) is -0.658. The Morgan fingerprint density at radius 1 is 1.35 bits per heavy atom. The molecule has 0 aromatic heterocycles. The summed E-state index contributed by atoms with van der Waals surface area (Å²) in [5.41, 5.74) is -4.34. The van der Waals surface area contributed by atoms with Crippen LogP contribution in [-0.2, 0) is 14.3 Å². The molecule has 0 amide bonds. The largest absolute Gasteiger partial charge is 0.457 e. The van der Waals surface area contributed by atoms with Gasteiger partial charge in [-0.25, -0.2) is 4.79 Å². The second kappa shape index (κ2) is 3.06. The van der Waals surface area contributed by atoms with Crippen LogP contribution in [0.15, 0.2) is 0 Å². The molecular formula is C14H20O6. The van der Waals surface area contributed by atoms with Crippen LogP contribution in [0.5, 0.6) is 0 Å². The highest BCUT2D eigenvalue weighted by Gasteiger charge is 2.92. The Morgan fingerprint density at radius 3 is 2.60 bits per heavy atom. The molecule has 4 fully saturated rings. The van der Waals surface area contributed by atoms with Crippen molar-refractivity contribution in [3.05, 3.63) is 0 Å². The van der Waals surface area contributed by atoms with Crippen LogP contribution in [-0.4, -0.2) is 56.4 Å². The molecule has 2 saturated heterocycles. The normalized spacial score (nSPS) is 60.0. The summed E-state index contributed by atoms with van der Waals surface area (Å²) in [7, 11) is 0.